The van der Waals surface area contributed by atoms with Crippen molar-refractivity contribution in [3.05, 3.63) is 90.0 Å². The number of rotatable bonds is 8. The van der Waals surface area contributed by atoms with Crippen molar-refractivity contribution >= 4 is 29.1 Å². The van der Waals surface area contributed by atoms with Gasteiger partial charge >= 0.3 is 0 Å². The van der Waals surface area contributed by atoms with Gasteiger partial charge in [0.05, 0.1) is 11.9 Å². The molecule has 1 atom stereocenters. The number of nitrogens with zero attached hydrogens (tertiary/aromatic N) is 1. The van der Waals surface area contributed by atoms with Crippen LogP contribution >= 0.6 is 11.8 Å². The quantitative estimate of drug-likeness (QED) is 0.422. The Kier molecular flexibility index (Phi) is 6.47. The minimum absolute atomic E-state index is 0.0706. The van der Waals surface area contributed by atoms with E-state index in [0.29, 0.717) is 5.75 Å². The first-order valence-corrected chi connectivity index (χ1v) is 10.9. The average molecular weight is 419 g/mol. The summed E-state index contributed by atoms with van der Waals surface area (Å²) in [5.41, 5.74) is 5.87. The van der Waals surface area contributed by atoms with Crippen molar-refractivity contribution < 1.29 is 14.7 Å². The topological polar surface area (TPSA) is 70.9 Å². The number of benzene rings is 3. The summed E-state index contributed by atoms with van der Waals surface area (Å²) in [6.07, 6.45) is -0.712. The van der Waals surface area contributed by atoms with Crippen LogP contribution in [0.15, 0.2) is 84.0 Å². The van der Waals surface area contributed by atoms with E-state index in [-0.39, 0.29) is 18.3 Å². The number of fused-ring (bicyclic) bond motifs is 3. The smallest absolute Gasteiger partial charge is 0.234 e. The number of anilines is 1. The lowest BCUT2D eigenvalue weighted by Crippen LogP contribution is -2.20. The lowest BCUT2D eigenvalue weighted by molar-refractivity contribution is -0.113. The Bertz CT molecular complexity index is 1010. The number of thioether (sulfide) groups is 1. The SMILES string of the molecule is O=C(CSC[C@H](O)CON=C1c2ccccc2-c2ccccc21)Nc1ccccc1. The zero-order valence-electron chi connectivity index (χ0n) is 16.3. The van der Waals surface area contributed by atoms with E-state index in [0.717, 1.165) is 33.7 Å². The number of nitrogens with one attached hydrogen (secondary N) is 1. The molecule has 1 amide bonds. The van der Waals surface area contributed by atoms with E-state index in [9.17, 15) is 9.90 Å². The Morgan fingerprint density at radius 1 is 0.900 bits per heavy atom. The van der Waals surface area contributed by atoms with Gasteiger partial charge in [0.2, 0.25) is 5.91 Å². The van der Waals surface area contributed by atoms with Crippen LogP contribution in [0.25, 0.3) is 11.1 Å². The van der Waals surface area contributed by atoms with E-state index in [4.69, 9.17) is 4.84 Å². The molecular weight excluding hydrogens is 396 g/mol. The monoisotopic (exact) mass is 418 g/mol. The number of aliphatic hydroxyl groups is 1. The summed E-state index contributed by atoms with van der Waals surface area (Å²) in [6, 6.07) is 25.5. The lowest BCUT2D eigenvalue weighted by atomic mass is 10.1. The second-order valence-electron chi connectivity index (χ2n) is 6.91. The third kappa shape index (κ3) is 4.72. The van der Waals surface area contributed by atoms with Gasteiger partial charge in [-0.25, -0.2) is 0 Å². The van der Waals surface area contributed by atoms with Crippen molar-refractivity contribution in [1.29, 1.82) is 0 Å². The van der Waals surface area contributed by atoms with Gasteiger partial charge in [0, 0.05) is 22.6 Å². The van der Waals surface area contributed by atoms with E-state index in [1.54, 1.807) is 0 Å². The highest BCUT2D eigenvalue weighted by Gasteiger charge is 2.24. The highest BCUT2D eigenvalue weighted by atomic mass is 32.2. The van der Waals surface area contributed by atoms with Crippen LogP contribution in [-0.4, -0.2) is 40.9 Å². The van der Waals surface area contributed by atoms with Crippen molar-refractivity contribution in [3.8, 4) is 11.1 Å². The van der Waals surface area contributed by atoms with Crippen LogP contribution < -0.4 is 5.32 Å². The third-order valence-electron chi connectivity index (χ3n) is 4.68. The molecule has 1 aliphatic carbocycles. The first-order chi connectivity index (χ1) is 14.7. The Balaban J connectivity index is 1.27. The molecular formula is C24H22N2O3S. The van der Waals surface area contributed by atoms with Crippen LogP contribution in [0.5, 0.6) is 0 Å². The summed E-state index contributed by atoms with van der Waals surface area (Å²) in [5, 5.41) is 17.3. The molecule has 3 aromatic carbocycles. The Morgan fingerprint density at radius 2 is 1.47 bits per heavy atom. The van der Waals surface area contributed by atoms with Gasteiger partial charge in [0.15, 0.2) is 0 Å². The predicted octanol–water partition coefficient (Wildman–Crippen LogP) is 4.17. The fourth-order valence-electron chi connectivity index (χ4n) is 3.33. The summed E-state index contributed by atoms with van der Waals surface area (Å²) in [4.78, 5) is 17.4. The Morgan fingerprint density at radius 3 is 2.10 bits per heavy atom. The molecule has 30 heavy (non-hydrogen) atoms. The first kappa shape index (κ1) is 20.2. The van der Waals surface area contributed by atoms with Gasteiger partial charge in [-0.2, -0.15) is 0 Å². The second kappa shape index (κ2) is 9.61. The van der Waals surface area contributed by atoms with E-state index in [1.165, 1.54) is 11.8 Å². The Hall–Kier alpha value is -3.09. The molecule has 0 saturated carbocycles. The molecule has 0 aromatic heterocycles. The minimum Gasteiger partial charge on any atom is -0.392 e. The molecule has 5 nitrogen and oxygen atoms in total. The number of hydrogen-bond acceptors (Lipinski definition) is 5. The van der Waals surface area contributed by atoms with Crippen LogP contribution in [0.4, 0.5) is 5.69 Å². The number of oxime groups is 1. The highest BCUT2D eigenvalue weighted by Crippen LogP contribution is 2.36. The number of carbonyl (C=O) groups excluding carboxylic acids is 1. The fourth-order valence-corrected chi connectivity index (χ4v) is 4.08. The van der Waals surface area contributed by atoms with Crippen molar-refractivity contribution in [1.82, 2.24) is 0 Å². The first-order valence-electron chi connectivity index (χ1n) is 9.72. The number of amides is 1. The molecule has 6 heteroatoms. The molecule has 0 heterocycles. The van der Waals surface area contributed by atoms with Crippen LogP contribution in [0.2, 0.25) is 0 Å². The van der Waals surface area contributed by atoms with Gasteiger partial charge in [-0.15, -0.1) is 11.8 Å². The molecule has 152 valence electrons. The van der Waals surface area contributed by atoms with Crippen molar-refractivity contribution in [2.75, 3.05) is 23.4 Å². The van der Waals surface area contributed by atoms with E-state index in [2.05, 4.69) is 22.6 Å². The Labute approximate surface area is 179 Å². The molecule has 4 rings (SSSR count). The van der Waals surface area contributed by atoms with Gasteiger partial charge < -0.3 is 15.3 Å². The maximum atomic E-state index is 11.9. The van der Waals surface area contributed by atoms with Crippen LogP contribution in [0.1, 0.15) is 11.1 Å². The standard InChI is InChI=1S/C24H22N2O3S/c27-18(15-30-16-23(28)25-17-8-2-1-3-9-17)14-29-26-24-21-12-6-4-10-19(21)20-11-5-7-13-22(20)24/h1-13,18,27H,14-16H2,(H,25,28)/t18-/m1/s1. The summed E-state index contributed by atoms with van der Waals surface area (Å²) in [7, 11) is 0. The average Bonchev–Trinajstić information content (AvgIpc) is 3.09. The predicted molar refractivity (Wildman–Crippen MR) is 122 cm³/mol. The third-order valence-corrected chi connectivity index (χ3v) is 5.77. The molecule has 0 unspecified atom stereocenters. The van der Waals surface area contributed by atoms with Gasteiger partial charge in [0.1, 0.15) is 12.3 Å². The summed E-state index contributed by atoms with van der Waals surface area (Å²) in [5.74, 6) is 0.556. The summed E-state index contributed by atoms with van der Waals surface area (Å²) >= 11 is 1.36. The fraction of sp³-hybridized carbons (Fsp3) is 0.167. The maximum Gasteiger partial charge on any atom is 0.234 e. The van der Waals surface area contributed by atoms with Crippen LogP contribution in [0, 0.1) is 0 Å². The molecule has 0 radical (unpaired) electrons. The maximum absolute atomic E-state index is 11.9. The molecule has 0 spiro atoms. The molecule has 0 saturated heterocycles. The zero-order valence-corrected chi connectivity index (χ0v) is 17.1. The molecule has 2 N–H and O–H groups in total. The van der Waals surface area contributed by atoms with E-state index in [1.807, 2.05) is 66.7 Å². The normalized spacial score (nSPS) is 12.6. The molecule has 1 aliphatic rings. The minimum atomic E-state index is -0.712. The molecule has 0 bridgehead atoms. The van der Waals surface area contributed by atoms with E-state index >= 15 is 0 Å². The molecule has 0 aliphatic heterocycles. The number of aliphatic hydroxyl groups excluding tert-OH is 1. The van der Waals surface area contributed by atoms with Crippen molar-refractivity contribution in [2.24, 2.45) is 5.16 Å². The zero-order chi connectivity index (χ0) is 20.8. The number of hydrogen-bond donors (Lipinski definition) is 2. The van der Waals surface area contributed by atoms with Gasteiger partial charge in [-0.1, -0.05) is 71.9 Å². The number of carbonyl (C=O) groups is 1. The van der Waals surface area contributed by atoms with Crippen LogP contribution in [-0.2, 0) is 9.63 Å². The lowest BCUT2D eigenvalue weighted by Gasteiger charge is -2.10. The largest absolute Gasteiger partial charge is 0.392 e. The summed E-state index contributed by atoms with van der Waals surface area (Å²) < 4.78 is 0. The highest BCUT2D eigenvalue weighted by molar-refractivity contribution is 8.00. The van der Waals surface area contributed by atoms with E-state index < -0.39 is 6.10 Å². The van der Waals surface area contributed by atoms with Crippen molar-refractivity contribution in [3.63, 3.8) is 0 Å². The van der Waals surface area contributed by atoms with Crippen LogP contribution in [0.3, 0.4) is 0 Å². The summed E-state index contributed by atoms with van der Waals surface area (Å²) in [6.45, 7) is 0.0706. The molecule has 0 fully saturated rings. The second-order valence-corrected chi connectivity index (χ2v) is 7.94. The van der Waals surface area contributed by atoms with Gasteiger partial charge in [-0.05, 0) is 23.3 Å². The van der Waals surface area contributed by atoms with Gasteiger partial charge in [0.25, 0.3) is 0 Å². The molecule has 3 aromatic rings. The van der Waals surface area contributed by atoms with Crippen molar-refractivity contribution in [2.45, 2.75) is 6.10 Å². The van der Waals surface area contributed by atoms with Gasteiger partial charge in [-0.3, -0.25) is 4.79 Å². The number of para-hydroxylation sites is 1.